The third kappa shape index (κ3) is 7.11. The second-order valence-corrected chi connectivity index (χ2v) is 8.74. The fourth-order valence-electron chi connectivity index (χ4n) is 3.95. The number of nitrogens with zero attached hydrogens (tertiary/aromatic N) is 2. The van der Waals surface area contributed by atoms with Crippen LogP contribution < -0.4 is 4.74 Å². The van der Waals surface area contributed by atoms with E-state index in [4.69, 9.17) is 4.74 Å². The molecule has 3 rings (SSSR count). The van der Waals surface area contributed by atoms with Crippen molar-refractivity contribution in [1.82, 2.24) is 9.55 Å². The van der Waals surface area contributed by atoms with E-state index in [0.29, 0.717) is 37.0 Å². The lowest BCUT2D eigenvalue weighted by atomic mass is 10.00. The Kier molecular flexibility index (Phi) is 8.47. The Hall–Kier alpha value is -3.30. The Morgan fingerprint density at radius 3 is 2.28 bits per heavy atom. The van der Waals surface area contributed by atoms with Gasteiger partial charge in [0, 0.05) is 17.5 Å². The van der Waals surface area contributed by atoms with Crippen LogP contribution in [0.1, 0.15) is 49.9 Å². The smallest absolute Gasteiger partial charge is 0.433 e. The molecule has 0 spiro atoms. The molecular formula is C26H26F6N2O2. The van der Waals surface area contributed by atoms with Crippen molar-refractivity contribution in [2.24, 2.45) is 5.92 Å². The minimum Gasteiger partial charge on any atom is -0.493 e. The van der Waals surface area contributed by atoms with E-state index < -0.39 is 23.6 Å². The highest BCUT2D eigenvalue weighted by Gasteiger charge is 2.36. The first-order valence-electron chi connectivity index (χ1n) is 11.4. The van der Waals surface area contributed by atoms with Crippen LogP contribution in [0.3, 0.4) is 0 Å². The Bertz CT molecular complexity index is 1170. The molecule has 1 atom stereocenters. The minimum absolute atomic E-state index is 0.107. The number of Topliss-reactive ketones (excluding diaryl/α,β-unsaturated/α-hetero) is 1. The van der Waals surface area contributed by atoms with Crippen LogP contribution in [0.2, 0.25) is 0 Å². The molecule has 10 heteroatoms. The molecular weight excluding hydrogens is 486 g/mol. The van der Waals surface area contributed by atoms with Crippen molar-refractivity contribution in [1.29, 1.82) is 0 Å². The topological polar surface area (TPSA) is 44.1 Å². The number of benzene rings is 2. The molecule has 0 amide bonds. The van der Waals surface area contributed by atoms with Gasteiger partial charge in [0.05, 0.1) is 24.9 Å². The highest BCUT2D eigenvalue weighted by molar-refractivity contribution is 5.75. The summed E-state index contributed by atoms with van der Waals surface area (Å²) in [6, 6.07) is 10.5. The van der Waals surface area contributed by atoms with E-state index in [-0.39, 0.29) is 29.6 Å². The van der Waals surface area contributed by atoms with E-state index in [1.54, 1.807) is 24.3 Å². The van der Waals surface area contributed by atoms with E-state index in [2.05, 4.69) is 4.98 Å². The third-order valence-corrected chi connectivity index (χ3v) is 5.65. The first kappa shape index (κ1) is 27.3. The molecule has 4 nitrogen and oxygen atoms in total. The van der Waals surface area contributed by atoms with Gasteiger partial charge in [0.1, 0.15) is 23.1 Å². The highest BCUT2D eigenvalue weighted by Crippen LogP contribution is 2.35. The Morgan fingerprint density at radius 1 is 1.00 bits per heavy atom. The van der Waals surface area contributed by atoms with Crippen molar-refractivity contribution >= 4 is 5.78 Å². The van der Waals surface area contributed by atoms with Gasteiger partial charge in [0.2, 0.25) is 0 Å². The molecule has 0 N–H and O–H groups in total. The van der Waals surface area contributed by atoms with Crippen LogP contribution in [0.4, 0.5) is 26.3 Å². The van der Waals surface area contributed by atoms with Gasteiger partial charge in [-0.15, -0.1) is 0 Å². The Labute approximate surface area is 204 Å². The molecule has 36 heavy (non-hydrogen) atoms. The molecule has 0 aliphatic rings. The number of rotatable bonds is 10. The Morgan fingerprint density at radius 2 is 1.67 bits per heavy atom. The van der Waals surface area contributed by atoms with Crippen LogP contribution in [0.25, 0.3) is 11.4 Å². The fraction of sp³-hybridized carbons (Fsp3) is 0.385. The van der Waals surface area contributed by atoms with Gasteiger partial charge in [0.25, 0.3) is 0 Å². The van der Waals surface area contributed by atoms with Gasteiger partial charge < -0.3 is 14.1 Å². The van der Waals surface area contributed by atoms with Gasteiger partial charge in [-0.3, -0.25) is 0 Å². The summed E-state index contributed by atoms with van der Waals surface area (Å²) < 4.78 is 86.8. The maximum atomic E-state index is 13.8. The number of ether oxygens (including phenoxy) is 1. The SMILES string of the molecule is CC(=O)C[C@H](C)CCCOc1ccccc1Cn1c(C(F)(F)F)cnc1-c1ccc(C(F)(F)F)cc1. The molecule has 1 heterocycles. The van der Waals surface area contributed by atoms with Gasteiger partial charge in [-0.05, 0) is 43.9 Å². The molecule has 1 aromatic heterocycles. The number of ketones is 1. The zero-order valence-corrected chi connectivity index (χ0v) is 19.8. The van der Waals surface area contributed by atoms with Crippen LogP contribution in [0, 0.1) is 5.92 Å². The first-order valence-corrected chi connectivity index (χ1v) is 11.4. The van der Waals surface area contributed by atoms with Crippen molar-refractivity contribution in [2.45, 2.75) is 52.0 Å². The largest absolute Gasteiger partial charge is 0.493 e. The zero-order valence-electron chi connectivity index (χ0n) is 19.8. The van der Waals surface area contributed by atoms with Crippen molar-refractivity contribution in [3.8, 4) is 17.1 Å². The molecule has 194 valence electrons. The summed E-state index contributed by atoms with van der Waals surface area (Å²) >= 11 is 0. The Balaban J connectivity index is 1.85. The number of carbonyl (C=O) groups is 1. The molecule has 0 fully saturated rings. The lowest BCUT2D eigenvalue weighted by Gasteiger charge is -2.17. The van der Waals surface area contributed by atoms with Crippen LogP contribution in [0.15, 0.2) is 54.7 Å². The standard InChI is InChI=1S/C26H26F6N2O2/c1-17(14-18(2)35)6-5-13-36-22-8-4-3-7-20(22)16-34-23(26(30,31)32)15-33-24(34)19-9-11-21(12-10-19)25(27,28)29/h3-4,7-12,15,17H,5-6,13-14,16H2,1-2H3/t17-/m1/s1. The molecule has 0 radical (unpaired) electrons. The monoisotopic (exact) mass is 512 g/mol. The van der Waals surface area contributed by atoms with Crippen molar-refractivity contribution in [3.63, 3.8) is 0 Å². The normalized spacial score (nSPS) is 13.0. The number of carbonyl (C=O) groups excluding carboxylic acids is 1. The highest BCUT2D eigenvalue weighted by atomic mass is 19.4. The van der Waals surface area contributed by atoms with E-state index in [9.17, 15) is 31.1 Å². The maximum absolute atomic E-state index is 13.8. The molecule has 0 bridgehead atoms. The quantitative estimate of drug-likeness (QED) is 0.210. The van der Waals surface area contributed by atoms with Crippen molar-refractivity contribution in [3.05, 3.63) is 71.5 Å². The zero-order chi connectivity index (χ0) is 26.5. The first-order chi connectivity index (χ1) is 16.9. The van der Waals surface area contributed by atoms with Crippen molar-refractivity contribution in [2.75, 3.05) is 6.61 Å². The van der Waals surface area contributed by atoms with Crippen LogP contribution in [-0.2, 0) is 23.7 Å². The predicted octanol–water partition coefficient (Wildman–Crippen LogP) is 7.41. The van der Waals surface area contributed by atoms with Crippen LogP contribution in [-0.4, -0.2) is 21.9 Å². The number of hydrogen-bond donors (Lipinski definition) is 0. The van der Waals surface area contributed by atoms with Gasteiger partial charge in [-0.25, -0.2) is 4.98 Å². The average Bonchev–Trinajstić information content (AvgIpc) is 3.21. The molecule has 2 aromatic carbocycles. The minimum atomic E-state index is -4.72. The molecule has 0 aliphatic heterocycles. The summed E-state index contributed by atoms with van der Waals surface area (Å²) in [4.78, 5) is 15.1. The lowest BCUT2D eigenvalue weighted by molar-refractivity contribution is -0.143. The molecule has 3 aromatic rings. The number of aromatic nitrogens is 2. The van der Waals surface area contributed by atoms with Crippen LogP contribution >= 0.6 is 0 Å². The molecule has 0 saturated carbocycles. The van der Waals surface area contributed by atoms with Crippen molar-refractivity contribution < 1.29 is 35.9 Å². The number of para-hydroxylation sites is 1. The summed E-state index contributed by atoms with van der Waals surface area (Å²) in [5, 5.41) is 0. The summed E-state index contributed by atoms with van der Waals surface area (Å²) in [5.74, 6) is 0.604. The van der Waals surface area contributed by atoms with E-state index in [0.717, 1.165) is 35.3 Å². The van der Waals surface area contributed by atoms with E-state index in [1.807, 2.05) is 6.92 Å². The fourth-order valence-corrected chi connectivity index (χ4v) is 3.95. The number of hydrogen-bond acceptors (Lipinski definition) is 3. The second kappa shape index (κ2) is 11.2. The number of halogens is 6. The number of alkyl halides is 6. The van der Waals surface area contributed by atoms with E-state index in [1.165, 1.54) is 6.92 Å². The van der Waals surface area contributed by atoms with Crippen LogP contribution in [0.5, 0.6) is 5.75 Å². The summed E-state index contributed by atoms with van der Waals surface area (Å²) in [5.41, 5.74) is -1.34. The molecule has 0 aliphatic carbocycles. The van der Waals surface area contributed by atoms with Gasteiger partial charge >= 0.3 is 12.4 Å². The third-order valence-electron chi connectivity index (χ3n) is 5.65. The second-order valence-electron chi connectivity index (χ2n) is 8.74. The summed E-state index contributed by atoms with van der Waals surface area (Å²) in [7, 11) is 0. The van der Waals surface area contributed by atoms with Gasteiger partial charge in [0.15, 0.2) is 0 Å². The maximum Gasteiger partial charge on any atom is 0.433 e. The van der Waals surface area contributed by atoms with E-state index >= 15 is 0 Å². The molecule has 0 unspecified atom stereocenters. The average molecular weight is 512 g/mol. The number of imidazole rings is 1. The lowest BCUT2D eigenvalue weighted by Crippen LogP contribution is -2.16. The van der Waals surface area contributed by atoms with Gasteiger partial charge in [-0.1, -0.05) is 37.3 Å². The molecule has 0 saturated heterocycles. The predicted molar refractivity (Wildman–Crippen MR) is 122 cm³/mol. The summed E-state index contributed by atoms with van der Waals surface area (Å²) in [6.45, 7) is 3.58. The van der Waals surface area contributed by atoms with Gasteiger partial charge in [-0.2, -0.15) is 26.3 Å². The summed E-state index contributed by atoms with van der Waals surface area (Å²) in [6.07, 6.45) is -6.71.